The minimum absolute atomic E-state index is 0.0859. The molecule has 3 aromatic rings. The number of methoxy groups -OCH3 is 1. The number of rotatable bonds is 7. The second-order valence-electron chi connectivity index (χ2n) is 7.01. The first-order valence-corrected chi connectivity index (χ1v) is 11.1. The number of ether oxygens (including phenoxy) is 1. The van der Waals surface area contributed by atoms with Crippen LogP contribution < -0.4 is 20.1 Å². The smallest absolute Gasteiger partial charge is 0.262 e. The minimum Gasteiger partial charge on any atom is -0.495 e. The first-order valence-electron chi connectivity index (χ1n) is 9.65. The molecule has 0 atom stereocenters. The van der Waals surface area contributed by atoms with E-state index in [1.165, 1.54) is 44.4 Å². The van der Waals surface area contributed by atoms with Gasteiger partial charge in [0, 0.05) is 18.7 Å². The fraction of sp³-hybridized carbons (Fsp3) is 0.130. The van der Waals surface area contributed by atoms with Crippen molar-refractivity contribution in [2.75, 3.05) is 22.5 Å². The quantitative estimate of drug-likeness (QED) is 0.500. The molecule has 0 unspecified atom stereocenters. The molecular weight excluding hydrogens is 430 g/mol. The van der Waals surface area contributed by atoms with Gasteiger partial charge in [0.1, 0.15) is 5.75 Å². The zero-order valence-electron chi connectivity index (χ0n) is 17.8. The molecule has 0 saturated carbocycles. The third-order valence-electron chi connectivity index (χ3n) is 4.52. The van der Waals surface area contributed by atoms with Gasteiger partial charge in [-0.15, -0.1) is 0 Å². The molecule has 0 radical (unpaired) electrons. The highest BCUT2D eigenvalue weighted by atomic mass is 32.2. The van der Waals surface area contributed by atoms with Crippen molar-refractivity contribution < 1.29 is 22.7 Å². The van der Waals surface area contributed by atoms with Crippen LogP contribution in [0.15, 0.2) is 71.6 Å². The van der Waals surface area contributed by atoms with Gasteiger partial charge < -0.3 is 15.4 Å². The molecule has 3 rings (SSSR count). The van der Waals surface area contributed by atoms with E-state index in [9.17, 15) is 18.0 Å². The summed E-state index contributed by atoms with van der Waals surface area (Å²) in [7, 11) is -2.68. The molecule has 2 amide bonds. The van der Waals surface area contributed by atoms with Gasteiger partial charge in [-0.1, -0.05) is 29.8 Å². The van der Waals surface area contributed by atoms with E-state index in [4.69, 9.17) is 4.74 Å². The summed E-state index contributed by atoms with van der Waals surface area (Å²) in [6.07, 6.45) is 0. The Kier molecular flexibility index (Phi) is 6.79. The van der Waals surface area contributed by atoms with Gasteiger partial charge in [-0.3, -0.25) is 14.3 Å². The Labute approximate surface area is 186 Å². The number of carbonyl (C=O) groups excluding carboxylic acids is 2. The monoisotopic (exact) mass is 453 g/mol. The molecule has 0 aromatic heterocycles. The fourth-order valence-corrected chi connectivity index (χ4v) is 4.04. The van der Waals surface area contributed by atoms with Crippen molar-refractivity contribution in [3.8, 4) is 5.75 Å². The van der Waals surface area contributed by atoms with Crippen LogP contribution >= 0.6 is 0 Å². The average molecular weight is 454 g/mol. The van der Waals surface area contributed by atoms with Crippen molar-refractivity contribution in [1.82, 2.24) is 0 Å². The Balaban J connectivity index is 1.87. The lowest BCUT2D eigenvalue weighted by molar-refractivity contribution is -0.114. The SMILES string of the molecule is COc1cc(S(=O)(=O)Nc2ccccc2C(=O)Nc2ccc(C)cc2)ccc1NC(C)=O. The number of sulfonamides is 1. The third-order valence-corrected chi connectivity index (χ3v) is 5.88. The van der Waals surface area contributed by atoms with E-state index in [0.29, 0.717) is 11.4 Å². The van der Waals surface area contributed by atoms with E-state index in [1.807, 2.05) is 19.1 Å². The van der Waals surface area contributed by atoms with Crippen molar-refractivity contribution in [3.05, 3.63) is 77.9 Å². The molecule has 0 aliphatic heterocycles. The van der Waals surface area contributed by atoms with E-state index >= 15 is 0 Å². The van der Waals surface area contributed by atoms with Gasteiger partial charge in [0.25, 0.3) is 15.9 Å². The summed E-state index contributed by atoms with van der Waals surface area (Å²) < 4.78 is 33.6. The number of aryl methyl sites for hydroxylation is 1. The summed E-state index contributed by atoms with van der Waals surface area (Å²) in [6, 6.07) is 17.6. The van der Waals surface area contributed by atoms with Gasteiger partial charge in [-0.2, -0.15) is 0 Å². The molecule has 0 aliphatic carbocycles. The molecule has 32 heavy (non-hydrogen) atoms. The number of hydrogen-bond acceptors (Lipinski definition) is 5. The largest absolute Gasteiger partial charge is 0.495 e. The van der Waals surface area contributed by atoms with Crippen molar-refractivity contribution in [2.45, 2.75) is 18.7 Å². The molecule has 9 heteroatoms. The molecule has 166 valence electrons. The molecule has 0 heterocycles. The van der Waals surface area contributed by atoms with E-state index in [0.717, 1.165) is 5.56 Å². The predicted molar refractivity (Wildman–Crippen MR) is 124 cm³/mol. The highest BCUT2D eigenvalue weighted by molar-refractivity contribution is 7.92. The lowest BCUT2D eigenvalue weighted by Gasteiger charge is -2.15. The first-order chi connectivity index (χ1) is 15.2. The van der Waals surface area contributed by atoms with Crippen molar-refractivity contribution in [2.24, 2.45) is 0 Å². The van der Waals surface area contributed by atoms with Crippen molar-refractivity contribution in [1.29, 1.82) is 0 Å². The van der Waals surface area contributed by atoms with Gasteiger partial charge in [-0.05, 0) is 43.3 Å². The molecular formula is C23H23N3O5S. The van der Waals surface area contributed by atoms with Gasteiger partial charge in [0.2, 0.25) is 5.91 Å². The van der Waals surface area contributed by atoms with Gasteiger partial charge in [0.15, 0.2) is 0 Å². The first kappa shape index (κ1) is 22.8. The van der Waals surface area contributed by atoms with E-state index in [-0.39, 0.29) is 27.8 Å². The Morgan fingerprint density at radius 2 is 1.56 bits per heavy atom. The second kappa shape index (κ2) is 9.52. The van der Waals surface area contributed by atoms with Crippen LogP contribution in [0.4, 0.5) is 17.1 Å². The Morgan fingerprint density at radius 3 is 2.22 bits per heavy atom. The summed E-state index contributed by atoms with van der Waals surface area (Å²) in [5.74, 6) is -0.579. The lowest BCUT2D eigenvalue weighted by atomic mass is 10.1. The number of nitrogens with one attached hydrogen (secondary N) is 3. The molecule has 0 aliphatic rings. The van der Waals surface area contributed by atoms with Gasteiger partial charge in [-0.25, -0.2) is 8.42 Å². The predicted octanol–water partition coefficient (Wildman–Crippen LogP) is 4.02. The number of carbonyl (C=O) groups is 2. The maximum atomic E-state index is 13.0. The highest BCUT2D eigenvalue weighted by Crippen LogP contribution is 2.29. The van der Waals surface area contributed by atoms with Crippen LogP contribution in [0.25, 0.3) is 0 Å². The highest BCUT2D eigenvalue weighted by Gasteiger charge is 2.20. The third kappa shape index (κ3) is 5.44. The number of hydrogen-bond donors (Lipinski definition) is 3. The normalized spacial score (nSPS) is 10.8. The van der Waals surface area contributed by atoms with E-state index in [2.05, 4.69) is 15.4 Å². The Bertz CT molecular complexity index is 1250. The summed E-state index contributed by atoms with van der Waals surface area (Å²) in [5, 5.41) is 5.33. The average Bonchev–Trinajstić information content (AvgIpc) is 2.75. The summed E-state index contributed by atoms with van der Waals surface area (Å²) in [6.45, 7) is 3.28. The summed E-state index contributed by atoms with van der Waals surface area (Å²) in [5.41, 5.74) is 2.28. The van der Waals surface area contributed by atoms with Crippen molar-refractivity contribution >= 4 is 38.9 Å². The zero-order valence-corrected chi connectivity index (χ0v) is 18.6. The zero-order chi connectivity index (χ0) is 23.3. The van der Waals surface area contributed by atoms with Crippen molar-refractivity contribution in [3.63, 3.8) is 0 Å². The molecule has 0 spiro atoms. The lowest BCUT2D eigenvalue weighted by Crippen LogP contribution is -2.19. The van der Waals surface area contributed by atoms with Crippen LogP contribution in [0.5, 0.6) is 5.75 Å². The molecule has 8 nitrogen and oxygen atoms in total. The molecule has 0 bridgehead atoms. The summed E-state index contributed by atoms with van der Waals surface area (Å²) in [4.78, 5) is 24.0. The van der Waals surface area contributed by atoms with Crippen LogP contribution in [0.3, 0.4) is 0 Å². The van der Waals surface area contributed by atoms with E-state index < -0.39 is 15.9 Å². The topological polar surface area (TPSA) is 114 Å². The maximum Gasteiger partial charge on any atom is 0.262 e. The Hall–Kier alpha value is -3.85. The molecule has 3 aromatic carbocycles. The number of amides is 2. The summed E-state index contributed by atoms with van der Waals surface area (Å²) >= 11 is 0. The second-order valence-corrected chi connectivity index (χ2v) is 8.70. The number of benzene rings is 3. The van der Waals surface area contributed by atoms with Gasteiger partial charge >= 0.3 is 0 Å². The molecule has 3 N–H and O–H groups in total. The number of anilines is 3. The van der Waals surface area contributed by atoms with Gasteiger partial charge in [0.05, 0.1) is 28.9 Å². The fourth-order valence-electron chi connectivity index (χ4n) is 2.94. The van der Waals surface area contributed by atoms with Crippen LogP contribution in [0.2, 0.25) is 0 Å². The standard InChI is InChI=1S/C23H23N3O5S/c1-15-8-10-17(11-9-15)25-23(28)19-6-4-5-7-20(19)26-32(29,30)18-12-13-21(24-16(2)27)22(14-18)31-3/h4-14,26H,1-3H3,(H,24,27)(H,25,28). The minimum atomic E-state index is -4.05. The molecule has 0 fully saturated rings. The number of para-hydroxylation sites is 1. The Morgan fingerprint density at radius 1 is 0.875 bits per heavy atom. The van der Waals surface area contributed by atoms with E-state index in [1.54, 1.807) is 24.3 Å². The van der Waals surface area contributed by atoms with Crippen LogP contribution in [0.1, 0.15) is 22.8 Å². The van der Waals surface area contributed by atoms with Crippen LogP contribution in [-0.4, -0.2) is 27.3 Å². The maximum absolute atomic E-state index is 13.0. The molecule has 0 saturated heterocycles. The van der Waals surface area contributed by atoms with Crippen LogP contribution in [-0.2, 0) is 14.8 Å². The van der Waals surface area contributed by atoms with Crippen LogP contribution in [0, 0.1) is 6.92 Å².